The van der Waals surface area contributed by atoms with E-state index < -0.39 is 18.2 Å². The Kier molecular flexibility index (Phi) is 13.2. The molecular formula is C30H42O6. The van der Waals surface area contributed by atoms with E-state index in [1.807, 2.05) is 52.0 Å². The lowest BCUT2D eigenvalue weighted by molar-refractivity contribution is -0.421. The summed E-state index contributed by atoms with van der Waals surface area (Å²) in [6.45, 7) is 9.81. The van der Waals surface area contributed by atoms with Crippen LogP contribution in [0.4, 0.5) is 0 Å². The maximum absolute atomic E-state index is 12.5. The van der Waals surface area contributed by atoms with E-state index in [4.69, 9.17) is 19.6 Å². The summed E-state index contributed by atoms with van der Waals surface area (Å²) < 4.78 is 0. The van der Waals surface area contributed by atoms with Crippen LogP contribution in [0, 0.1) is 27.7 Å². The summed E-state index contributed by atoms with van der Waals surface area (Å²) in [5.41, 5.74) is 4.51. The number of unbranched alkanes of at least 4 members (excludes halogenated alkanes) is 8. The summed E-state index contributed by atoms with van der Waals surface area (Å²) in [4.78, 5) is 45.8. The van der Waals surface area contributed by atoms with E-state index in [0.29, 0.717) is 17.5 Å². The largest absolute Gasteiger partial charge is 0.373 e. The first-order valence-electron chi connectivity index (χ1n) is 13.2. The zero-order chi connectivity index (χ0) is 26.3. The smallest absolute Gasteiger partial charge is 0.290 e. The Morgan fingerprint density at radius 1 is 0.639 bits per heavy atom. The van der Waals surface area contributed by atoms with Gasteiger partial charge >= 0.3 is 11.9 Å². The highest BCUT2D eigenvalue weighted by molar-refractivity contribution is 5.91. The molecule has 2 aromatic carbocycles. The number of carbonyl (C=O) groups is 2. The third-order valence-corrected chi connectivity index (χ3v) is 6.21. The predicted octanol–water partition coefficient (Wildman–Crippen LogP) is 8.04. The SMILES string of the molecule is CCCCCCCCCCCC(OOC(=O)c1ccc(C)cc1C)OOC(=O)c1ccc(C)cc1C. The van der Waals surface area contributed by atoms with Crippen LogP contribution in [0.25, 0.3) is 0 Å². The average Bonchev–Trinajstić information content (AvgIpc) is 2.83. The van der Waals surface area contributed by atoms with Crippen LogP contribution >= 0.6 is 0 Å². The molecule has 0 aliphatic carbocycles. The molecule has 36 heavy (non-hydrogen) atoms. The zero-order valence-electron chi connectivity index (χ0n) is 22.6. The topological polar surface area (TPSA) is 71.1 Å². The highest BCUT2D eigenvalue weighted by Crippen LogP contribution is 2.18. The van der Waals surface area contributed by atoms with Crippen LogP contribution in [0.15, 0.2) is 36.4 Å². The van der Waals surface area contributed by atoms with E-state index in [2.05, 4.69) is 6.92 Å². The van der Waals surface area contributed by atoms with Crippen LogP contribution < -0.4 is 0 Å². The van der Waals surface area contributed by atoms with Crippen molar-refractivity contribution in [1.29, 1.82) is 0 Å². The highest BCUT2D eigenvalue weighted by Gasteiger charge is 2.21. The van der Waals surface area contributed by atoms with Crippen molar-refractivity contribution in [2.45, 2.75) is 105 Å². The molecule has 0 fully saturated rings. The highest BCUT2D eigenvalue weighted by atomic mass is 17.3. The number of carbonyl (C=O) groups excluding carboxylic acids is 2. The van der Waals surface area contributed by atoms with E-state index in [9.17, 15) is 9.59 Å². The van der Waals surface area contributed by atoms with Gasteiger partial charge in [0, 0.05) is 6.42 Å². The third kappa shape index (κ3) is 10.5. The van der Waals surface area contributed by atoms with Crippen LogP contribution in [0.5, 0.6) is 0 Å². The molecule has 0 atom stereocenters. The number of hydrogen-bond donors (Lipinski definition) is 0. The van der Waals surface area contributed by atoms with Gasteiger partial charge in [-0.25, -0.2) is 9.59 Å². The van der Waals surface area contributed by atoms with Crippen LogP contribution in [0.1, 0.15) is 114 Å². The third-order valence-electron chi connectivity index (χ3n) is 6.21. The maximum Gasteiger partial charge on any atom is 0.373 e. The molecule has 0 N–H and O–H groups in total. The zero-order valence-corrected chi connectivity index (χ0v) is 22.6. The normalized spacial score (nSPS) is 11.1. The second kappa shape index (κ2) is 16.1. The monoisotopic (exact) mass is 498 g/mol. The summed E-state index contributed by atoms with van der Waals surface area (Å²) in [6, 6.07) is 10.9. The molecule has 0 saturated carbocycles. The van der Waals surface area contributed by atoms with Crippen molar-refractivity contribution in [3.63, 3.8) is 0 Å². The van der Waals surface area contributed by atoms with Gasteiger partial charge in [0.1, 0.15) is 0 Å². The molecule has 0 aromatic heterocycles. The van der Waals surface area contributed by atoms with Crippen molar-refractivity contribution >= 4 is 11.9 Å². The molecule has 2 aromatic rings. The number of hydrogen-bond acceptors (Lipinski definition) is 6. The molecular weight excluding hydrogens is 456 g/mol. The Labute approximate surface area is 216 Å². The van der Waals surface area contributed by atoms with Crippen LogP contribution in [0.2, 0.25) is 0 Å². The lowest BCUT2D eigenvalue weighted by atomic mass is 10.1. The molecule has 2 rings (SSSR count). The molecule has 0 aliphatic rings. The fraction of sp³-hybridized carbons (Fsp3) is 0.533. The van der Waals surface area contributed by atoms with Crippen molar-refractivity contribution in [3.05, 3.63) is 69.8 Å². The first-order chi connectivity index (χ1) is 17.3. The van der Waals surface area contributed by atoms with Gasteiger partial charge in [0.25, 0.3) is 0 Å². The molecule has 0 unspecified atom stereocenters. The van der Waals surface area contributed by atoms with Gasteiger partial charge in [0.15, 0.2) is 0 Å². The summed E-state index contributed by atoms with van der Waals surface area (Å²) >= 11 is 0. The first-order valence-corrected chi connectivity index (χ1v) is 13.2. The molecule has 0 bridgehead atoms. The maximum atomic E-state index is 12.5. The minimum atomic E-state index is -1.01. The molecule has 6 nitrogen and oxygen atoms in total. The van der Waals surface area contributed by atoms with Gasteiger partial charge in [-0.1, -0.05) is 93.7 Å². The number of aryl methyl sites for hydroxylation is 4. The minimum Gasteiger partial charge on any atom is -0.290 e. The first kappa shape index (κ1) is 29.5. The lowest BCUT2D eigenvalue weighted by Crippen LogP contribution is -2.22. The van der Waals surface area contributed by atoms with Crippen LogP contribution in [-0.4, -0.2) is 18.2 Å². The number of benzene rings is 2. The van der Waals surface area contributed by atoms with E-state index in [0.717, 1.165) is 41.5 Å². The summed E-state index contributed by atoms with van der Waals surface area (Å²) in [7, 11) is 0. The molecule has 0 amide bonds. The Hall–Kier alpha value is -2.70. The average molecular weight is 499 g/mol. The van der Waals surface area contributed by atoms with Crippen molar-refractivity contribution < 1.29 is 29.1 Å². The van der Waals surface area contributed by atoms with Crippen molar-refractivity contribution in [3.8, 4) is 0 Å². The Bertz CT molecular complexity index is 900. The van der Waals surface area contributed by atoms with Crippen molar-refractivity contribution in [1.82, 2.24) is 0 Å². The van der Waals surface area contributed by atoms with Gasteiger partial charge in [0.2, 0.25) is 6.29 Å². The lowest BCUT2D eigenvalue weighted by Gasteiger charge is -2.16. The standard InChI is InChI=1S/C30H42O6/c1-6-7-8-9-10-11-12-13-14-15-28(33-35-29(31)26-18-16-22(2)20-24(26)4)34-36-30(32)27-19-17-23(3)21-25(27)5/h16-21,28H,6-15H2,1-5H3. The van der Waals surface area contributed by atoms with Gasteiger partial charge in [-0.15, -0.1) is 9.78 Å². The molecule has 0 aliphatic heterocycles. The van der Waals surface area contributed by atoms with Crippen LogP contribution in [-0.2, 0) is 19.6 Å². The molecule has 0 radical (unpaired) electrons. The van der Waals surface area contributed by atoms with E-state index in [1.54, 1.807) is 12.1 Å². The Morgan fingerprint density at radius 3 is 1.47 bits per heavy atom. The Balaban J connectivity index is 1.88. The van der Waals surface area contributed by atoms with Gasteiger partial charge in [-0.3, -0.25) is 9.78 Å². The molecule has 0 saturated heterocycles. The predicted molar refractivity (Wildman–Crippen MR) is 140 cm³/mol. The van der Waals surface area contributed by atoms with Gasteiger partial charge in [0.05, 0.1) is 11.1 Å². The fourth-order valence-corrected chi connectivity index (χ4v) is 4.10. The minimum absolute atomic E-state index is 0.412. The molecule has 6 heteroatoms. The van der Waals surface area contributed by atoms with E-state index in [1.165, 1.54) is 38.5 Å². The summed E-state index contributed by atoms with van der Waals surface area (Å²) in [5.74, 6) is -1.23. The van der Waals surface area contributed by atoms with E-state index in [-0.39, 0.29) is 0 Å². The van der Waals surface area contributed by atoms with Gasteiger partial charge in [-0.05, 0) is 57.4 Å². The molecule has 0 spiro atoms. The summed E-state index contributed by atoms with van der Waals surface area (Å²) in [5, 5.41) is 0. The van der Waals surface area contributed by atoms with Gasteiger partial charge in [-0.2, -0.15) is 0 Å². The second-order valence-electron chi connectivity index (χ2n) is 9.62. The van der Waals surface area contributed by atoms with Crippen molar-refractivity contribution in [2.24, 2.45) is 0 Å². The van der Waals surface area contributed by atoms with Gasteiger partial charge < -0.3 is 0 Å². The van der Waals surface area contributed by atoms with Crippen LogP contribution in [0.3, 0.4) is 0 Å². The molecule has 198 valence electrons. The summed E-state index contributed by atoms with van der Waals surface area (Å²) in [6.07, 6.45) is 9.90. The fourth-order valence-electron chi connectivity index (χ4n) is 4.10. The number of rotatable bonds is 16. The molecule has 0 heterocycles. The van der Waals surface area contributed by atoms with E-state index >= 15 is 0 Å². The Morgan fingerprint density at radius 2 is 1.06 bits per heavy atom. The van der Waals surface area contributed by atoms with Crippen molar-refractivity contribution in [2.75, 3.05) is 0 Å². The quantitative estimate of drug-likeness (QED) is 0.101. The second-order valence-corrected chi connectivity index (χ2v) is 9.62.